The van der Waals surface area contributed by atoms with Crippen molar-refractivity contribution in [3.8, 4) is 0 Å². The minimum Gasteiger partial charge on any atom is -0.481 e. The smallest absolute Gasteiger partial charge is 0.308 e. The molecule has 0 heterocycles. The maximum atomic E-state index is 11.2. The Balaban J connectivity index is 4.17. The van der Waals surface area contributed by atoms with Gasteiger partial charge >= 0.3 is 5.97 Å². The first kappa shape index (κ1) is 12.9. The summed E-state index contributed by atoms with van der Waals surface area (Å²) >= 11 is 0. The first-order valence-electron chi connectivity index (χ1n) is 4.62. The van der Waals surface area contributed by atoms with Gasteiger partial charge in [0.15, 0.2) is 0 Å². The zero-order valence-corrected chi connectivity index (χ0v) is 8.78. The molecule has 1 amide bonds. The van der Waals surface area contributed by atoms with Crippen LogP contribution in [0.5, 0.6) is 0 Å². The van der Waals surface area contributed by atoms with E-state index in [9.17, 15) is 9.59 Å². The Kier molecular flexibility index (Phi) is 5.15. The number of carbonyl (C=O) groups excluding carboxylic acids is 1. The lowest BCUT2D eigenvalue weighted by molar-refractivity contribution is -0.144. The number of carbonyl (C=O) groups is 2. The lowest BCUT2D eigenvalue weighted by atomic mass is 9.98. The molecule has 0 saturated carbocycles. The Morgan fingerprint density at radius 3 is 2.14 bits per heavy atom. The van der Waals surface area contributed by atoms with Crippen molar-refractivity contribution in [3.63, 3.8) is 0 Å². The van der Waals surface area contributed by atoms with Gasteiger partial charge in [0.25, 0.3) is 0 Å². The van der Waals surface area contributed by atoms with E-state index in [2.05, 4.69) is 5.32 Å². The van der Waals surface area contributed by atoms with Crippen LogP contribution < -0.4 is 11.1 Å². The molecular formula is C9H18N2O3. The van der Waals surface area contributed by atoms with Crippen LogP contribution in [0.4, 0.5) is 0 Å². The van der Waals surface area contributed by atoms with Crippen molar-refractivity contribution < 1.29 is 14.7 Å². The van der Waals surface area contributed by atoms with Crippen LogP contribution in [-0.4, -0.2) is 29.1 Å². The predicted molar refractivity (Wildman–Crippen MR) is 52.7 cm³/mol. The van der Waals surface area contributed by atoms with Crippen LogP contribution in [0, 0.1) is 5.92 Å². The van der Waals surface area contributed by atoms with Crippen molar-refractivity contribution in [2.24, 2.45) is 11.7 Å². The first-order valence-corrected chi connectivity index (χ1v) is 4.62. The Hall–Kier alpha value is -1.10. The lowest BCUT2D eigenvalue weighted by Gasteiger charge is -2.16. The van der Waals surface area contributed by atoms with Gasteiger partial charge in [0.1, 0.15) is 0 Å². The molecule has 14 heavy (non-hydrogen) atoms. The molecule has 0 radical (unpaired) electrons. The van der Waals surface area contributed by atoms with E-state index in [-0.39, 0.29) is 18.4 Å². The Morgan fingerprint density at radius 1 is 1.36 bits per heavy atom. The number of nitrogens with two attached hydrogens (primary N) is 1. The van der Waals surface area contributed by atoms with Gasteiger partial charge in [0.05, 0.1) is 5.92 Å². The molecule has 2 unspecified atom stereocenters. The highest BCUT2D eigenvalue weighted by molar-refractivity contribution is 5.82. The topological polar surface area (TPSA) is 92.4 Å². The zero-order valence-electron chi connectivity index (χ0n) is 8.78. The minimum atomic E-state index is -1.03. The number of amides is 1. The van der Waals surface area contributed by atoms with Crippen molar-refractivity contribution in [1.82, 2.24) is 5.32 Å². The summed E-state index contributed by atoms with van der Waals surface area (Å²) in [6.07, 6.45) is -0.0643. The van der Waals surface area contributed by atoms with E-state index < -0.39 is 17.9 Å². The third-order valence-electron chi connectivity index (χ3n) is 1.81. The van der Waals surface area contributed by atoms with Crippen molar-refractivity contribution >= 4 is 11.9 Å². The summed E-state index contributed by atoms with van der Waals surface area (Å²) in [5, 5.41) is 11.4. The number of carboxylic acid groups (broad SMARTS) is 1. The summed E-state index contributed by atoms with van der Waals surface area (Å²) in [7, 11) is 0. The summed E-state index contributed by atoms with van der Waals surface area (Å²) in [6.45, 7) is 5.22. The Morgan fingerprint density at radius 2 is 1.86 bits per heavy atom. The largest absolute Gasteiger partial charge is 0.481 e. The molecule has 0 aromatic carbocycles. The van der Waals surface area contributed by atoms with Crippen LogP contribution in [0.25, 0.3) is 0 Å². The van der Waals surface area contributed by atoms with E-state index in [4.69, 9.17) is 10.8 Å². The third kappa shape index (κ3) is 4.81. The fourth-order valence-corrected chi connectivity index (χ4v) is 1.08. The molecule has 0 aromatic rings. The van der Waals surface area contributed by atoms with E-state index in [0.717, 1.165) is 0 Å². The maximum absolute atomic E-state index is 11.2. The molecule has 0 aliphatic carbocycles. The summed E-state index contributed by atoms with van der Waals surface area (Å²) in [5.41, 5.74) is 5.46. The van der Waals surface area contributed by atoms with Crippen LogP contribution in [0.1, 0.15) is 27.2 Å². The summed E-state index contributed by atoms with van der Waals surface area (Å²) in [5.74, 6) is -2.11. The lowest BCUT2D eigenvalue weighted by Crippen LogP contribution is -2.39. The number of carboxylic acids is 1. The monoisotopic (exact) mass is 202 g/mol. The van der Waals surface area contributed by atoms with E-state index in [1.165, 1.54) is 0 Å². The highest BCUT2D eigenvalue weighted by Crippen LogP contribution is 2.07. The third-order valence-corrected chi connectivity index (χ3v) is 1.81. The molecule has 82 valence electrons. The molecule has 0 aliphatic rings. The van der Waals surface area contributed by atoms with Gasteiger partial charge in [-0.1, -0.05) is 0 Å². The second-order valence-electron chi connectivity index (χ2n) is 3.73. The molecule has 0 fully saturated rings. The Labute approximate surface area is 83.7 Å². The van der Waals surface area contributed by atoms with Crippen LogP contribution in [0.15, 0.2) is 0 Å². The quantitative estimate of drug-likeness (QED) is 0.582. The second kappa shape index (κ2) is 5.59. The highest BCUT2D eigenvalue weighted by atomic mass is 16.4. The zero-order chi connectivity index (χ0) is 11.3. The first-order chi connectivity index (χ1) is 6.34. The van der Waals surface area contributed by atoms with Gasteiger partial charge in [-0.05, 0) is 20.8 Å². The van der Waals surface area contributed by atoms with Crippen LogP contribution in [0.2, 0.25) is 0 Å². The fourth-order valence-electron chi connectivity index (χ4n) is 1.08. The number of hydrogen-bond donors (Lipinski definition) is 3. The van der Waals surface area contributed by atoms with Crippen LogP contribution in [0.3, 0.4) is 0 Å². The Bertz CT molecular complexity index is 214. The molecule has 0 rings (SSSR count). The minimum absolute atomic E-state index is 0.0185. The van der Waals surface area contributed by atoms with Gasteiger partial charge in [-0.3, -0.25) is 9.59 Å². The summed E-state index contributed by atoms with van der Waals surface area (Å²) < 4.78 is 0. The van der Waals surface area contributed by atoms with Crippen LogP contribution >= 0.6 is 0 Å². The fraction of sp³-hybridized carbons (Fsp3) is 0.778. The van der Waals surface area contributed by atoms with E-state index in [1.807, 2.05) is 13.8 Å². The average molecular weight is 202 g/mol. The van der Waals surface area contributed by atoms with Gasteiger partial charge in [0, 0.05) is 18.5 Å². The molecule has 0 spiro atoms. The van der Waals surface area contributed by atoms with Crippen molar-refractivity contribution in [2.45, 2.75) is 39.3 Å². The van der Waals surface area contributed by atoms with E-state index >= 15 is 0 Å². The molecule has 5 nitrogen and oxygen atoms in total. The van der Waals surface area contributed by atoms with Gasteiger partial charge in [-0.2, -0.15) is 0 Å². The molecule has 5 heteroatoms. The number of hydrogen-bond acceptors (Lipinski definition) is 3. The average Bonchev–Trinajstić information content (AvgIpc) is 1.97. The molecule has 4 N–H and O–H groups in total. The molecule has 0 aromatic heterocycles. The van der Waals surface area contributed by atoms with E-state index in [0.29, 0.717) is 0 Å². The summed E-state index contributed by atoms with van der Waals surface area (Å²) in [4.78, 5) is 21.9. The van der Waals surface area contributed by atoms with Crippen molar-refractivity contribution in [1.29, 1.82) is 0 Å². The molecule has 0 saturated heterocycles. The molecular weight excluding hydrogens is 184 g/mol. The van der Waals surface area contributed by atoms with Gasteiger partial charge in [0.2, 0.25) is 5.91 Å². The number of nitrogens with one attached hydrogen (secondary N) is 1. The maximum Gasteiger partial charge on any atom is 0.308 e. The number of rotatable bonds is 5. The normalized spacial score (nSPS) is 14.9. The van der Waals surface area contributed by atoms with E-state index in [1.54, 1.807) is 6.92 Å². The standard InChI is InChI=1S/C9H18N2O3/c1-5(2)11-8(12)4-7(6(3)10)9(13)14/h5-7H,4,10H2,1-3H3,(H,11,12)(H,13,14). The molecule has 0 aliphatic heterocycles. The number of aliphatic carboxylic acids is 1. The molecule has 2 atom stereocenters. The van der Waals surface area contributed by atoms with Crippen molar-refractivity contribution in [2.75, 3.05) is 0 Å². The van der Waals surface area contributed by atoms with Gasteiger partial charge in [-0.15, -0.1) is 0 Å². The SMILES string of the molecule is CC(C)NC(=O)CC(C(=O)O)C(C)N. The summed E-state index contributed by atoms with van der Waals surface area (Å²) in [6, 6.07) is -0.504. The highest BCUT2D eigenvalue weighted by Gasteiger charge is 2.24. The van der Waals surface area contributed by atoms with Gasteiger partial charge < -0.3 is 16.2 Å². The van der Waals surface area contributed by atoms with Gasteiger partial charge in [-0.25, -0.2) is 0 Å². The predicted octanol–water partition coefficient (Wildman–Crippen LogP) is -0.0509. The second-order valence-corrected chi connectivity index (χ2v) is 3.73. The molecule has 0 bridgehead atoms. The van der Waals surface area contributed by atoms with Crippen LogP contribution in [-0.2, 0) is 9.59 Å². The van der Waals surface area contributed by atoms with Crippen molar-refractivity contribution in [3.05, 3.63) is 0 Å².